The minimum atomic E-state index is -0.110. The number of thioether (sulfide) groups is 1. The molecule has 2 nitrogen and oxygen atoms in total. The standard InChI is InChI=1S/C8H11BrO2S/c1-4-12-8(6(3)11)7(9)5(2)10/h4H2,1-3H3/b8-7-. The maximum atomic E-state index is 11.0. The first kappa shape index (κ1) is 11.9. The second kappa shape index (κ2) is 5.54. The van der Waals surface area contributed by atoms with Gasteiger partial charge in [0.15, 0.2) is 11.6 Å². The van der Waals surface area contributed by atoms with E-state index in [1.807, 2.05) is 6.92 Å². The van der Waals surface area contributed by atoms with Crippen LogP contribution < -0.4 is 0 Å². The molecule has 4 heteroatoms. The third-order valence-corrected chi connectivity index (χ3v) is 3.40. The van der Waals surface area contributed by atoms with Crippen LogP contribution in [0.15, 0.2) is 9.39 Å². The van der Waals surface area contributed by atoms with Crippen LogP contribution in [-0.2, 0) is 9.59 Å². The first-order chi connectivity index (χ1) is 5.50. The largest absolute Gasteiger partial charge is 0.294 e. The molecular weight excluding hydrogens is 240 g/mol. The van der Waals surface area contributed by atoms with E-state index >= 15 is 0 Å². The summed E-state index contributed by atoms with van der Waals surface area (Å²) in [5.74, 6) is 0.613. The van der Waals surface area contributed by atoms with Gasteiger partial charge in [0.2, 0.25) is 0 Å². The van der Waals surface area contributed by atoms with Crippen molar-refractivity contribution in [3.8, 4) is 0 Å². The van der Waals surface area contributed by atoms with Crippen molar-refractivity contribution in [2.75, 3.05) is 5.75 Å². The number of allylic oxidation sites excluding steroid dienone is 2. The summed E-state index contributed by atoms with van der Waals surface area (Å²) in [4.78, 5) is 22.4. The Morgan fingerprint density at radius 3 is 2.00 bits per heavy atom. The van der Waals surface area contributed by atoms with Gasteiger partial charge in [-0.3, -0.25) is 9.59 Å². The van der Waals surface area contributed by atoms with Crippen LogP contribution in [0.5, 0.6) is 0 Å². The SMILES string of the molecule is CCS/C(C(C)=O)=C(\Br)C(C)=O. The maximum Gasteiger partial charge on any atom is 0.168 e. The minimum Gasteiger partial charge on any atom is -0.294 e. The third-order valence-electron chi connectivity index (χ3n) is 1.12. The van der Waals surface area contributed by atoms with E-state index in [0.717, 1.165) is 5.75 Å². The lowest BCUT2D eigenvalue weighted by Gasteiger charge is -2.02. The minimum absolute atomic E-state index is 0.0658. The maximum absolute atomic E-state index is 11.0. The Labute approximate surface area is 84.9 Å². The summed E-state index contributed by atoms with van der Waals surface area (Å²) in [6.07, 6.45) is 0. The van der Waals surface area contributed by atoms with Crippen molar-refractivity contribution in [1.82, 2.24) is 0 Å². The third kappa shape index (κ3) is 3.54. The molecule has 0 aliphatic rings. The van der Waals surface area contributed by atoms with Gasteiger partial charge in [-0.05, 0) is 35.5 Å². The van der Waals surface area contributed by atoms with Gasteiger partial charge in [0.25, 0.3) is 0 Å². The number of ketones is 2. The van der Waals surface area contributed by atoms with E-state index in [4.69, 9.17) is 0 Å². The molecule has 0 unspecified atom stereocenters. The molecule has 0 saturated carbocycles. The van der Waals surface area contributed by atoms with Crippen molar-refractivity contribution < 1.29 is 9.59 Å². The van der Waals surface area contributed by atoms with Gasteiger partial charge >= 0.3 is 0 Å². The zero-order valence-electron chi connectivity index (χ0n) is 7.31. The molecule has 0 aromatic rings. The molecule has 0 atom stereocenters. The summed E-state index contributed by atoms with van der Waals surface area (Å²) < 4.78 is 0.391. The highest BCUT2D eigenvalue weighted by atomic mass is 79.9. The average molecular weight is 251 g/mol. The lowest BCUT2D eigenvalue weighted by atomic mass is 10.3. The second-order valence-corrected chi connectivity index (χ2v) is 4.26. The molecule has 0 heterocycles. The lowest BCUT2D eigenvalue weighted by Crippen LogP contribution is -2.00. The van der Waals surface area contributed by atoms with Gasteiger partial charge in [0.05, 0.1) is 9.39 Å². The summed E-state index contributed by atoms with van der Waals surface area (Å²) in [5, 5.41) is 0. The van der Waals surface area contributed by atoms with Crippen molar-refractivity contribution >= 4 is 39.3 Å². The number of rotatable bonds is 4. The number of Topliss-reactive ketones (excluding diaryl/α,β-unsaturated/α-hetero) is 2. The zero-order chi connectivity index (χ0) is 9.72. The van der Waals surface area contributed by atoms with E-state index in [-0.39, 0.29) is 11.6 Å². The lowest BCUT2D eigenvalue weighted by molar-refractivity contribution is -0.115. The van der Waals surface area contributed by atoms with Gasteiger partial charge < -0.3 is 0 Å². The monoisotopic (exact) mass is 250 g/mol. The van der Waals surface area contributed by atoms with E-state index in [9.17, 15) is 9.59 Å². The summed E-state index contributed by atoms with van der Waals surface area (Å²) in [6.45, 7) is 4.83. The average Bonchev–Trinajstić information content (AvgIpc) is 1.98. The van der Waals surface area contributed by atoms with E-state index in [0.29, 0.717) is 9.39 Å². The second-order valence-electron chi connectivity index (χ2n) is 2.19. The fraction of sp³-hybridized carbons (Fsp3) is 0.500. The smallest absolute Gasteiger partial charge is 0.168 e. The Balaban J connectivity index is 4.80. The van der Waals surface area contributed by atoms with Crippen LogP contribution in [0.3, 0.4) is 0 Å². The number of halogens is 1. The summed E-state index contributed by atoms with van der Waals surface area (Å²) in [6, 6.07) is 0. The molecule has 0 fully saturated rings. The molecule has 0 saturated heterocycles. The molecular formula is C8H11BrO2S. The van der Waals surface area contributed by atoms with Gasteiger partial charge in [-0.15, -0.1) is 11.8 Å². The highest BCUT2D eigenvalue weighted by Crippen LogP contribution is 2.24. The van der Waals surface area contributed by atoms with Crippen LogP contribution in [0.25, 0.3) is 0 Å². The molecule has 0 aromatic carbocycles. The topological polar surface area (TPSA) is 34.1 Å². The van der Waals surface area contributed by atoms with Crippen LogP contribution >= 0.6 is 27.7 Å². The van der Waals surface area contributed by atoms with E-state index in [1.165, 1.54) is 25.6 Å². The number of hydrogen-bond donors (Lipinski definition) is 0. The number of carbonyl (C=O) groups excluding carboxylic acids is 2. The molecule has 68 valence electrons. The van der Waals surface area contributed by atoms with Gasteiger partial charge in [-0.2, -0.15) is 0 Å². The van der Waals surface area contributed by atoms with E-state index in [1.54, 1.807) is 0 Å². The van der Waals surface area contributed by atoms with Crippen LogP contribution in [0.1, 0.15) is 20.8 Å². The fourth-order valence-corrected chi connectivity index (χ4v) is 2.01. The molecule has 0 aliphatic carbocycles. The molecule has 0 amide bonds. The highest BCUT2D eigenvalue weighted by molar-refractivity contribution is 9.12. The summed E-state index contributed by atoms with van der Waals surface area (Å²) in [7, 11) is 0. The number of carbonyl (C=O) groups is 2. The van der Waals surface area contributed by atoms with Crippen LogP contribution in [-0.4, -0.2) is 17.3 Å². The zero-order valence-corrected chi connectivity index (χ0v) is 9.71. The summed E-state index contributed by atoms with van der Waals surface area (Å²) >= 11 is 4.48. The van der Waals surface area contributed by atoms with E-state index < -0.39 is 0 Å². The highest BCUT2D eigenvalue weighted by Gasteiger charge is 2.12. The summed E-state index contributed by atoms with van der Waals surface area (Å²) in [5.41, 5.74) is 0. The molecule has 0 radical (unpaired) electrons. The normalized spacial score (nSPS) is 12.3. The Kier molecular flexibility index (Phi) is 5.50. The molecule has 0 aliphatic heterocycles. The van der Waals surface area contributed by atoms with Crippen molar-refractivity contribution in [2.24, 2.45) is 0 Å². The molecule has 12 heavy (non-hydrogen) atoms. The predicted molar refractivity (Wildman–Crippen MR) is 55.4 cm³/mol. The quantitative estimate of drug-likeness (QED) is 0.720. The van der Waals surface area contributed by atoms with E-state index in [2.05, 4.69) is 15.9 Å². The molecule has 0 bridgehead atoms. The van der Waals surface area contributed by atoms with Gasteiger partial charge in [0, 0.05) is 0 Å². The van der Waals surface area contributed by atoms with Crippen LogP contribution in [0, 0.1) is 0 Å². The van der Waals surface area contributed by atoms with Crippen molar-refractivity contribution in [1.29, 1.82) is 0 Å². The Morgan fingerprint density at radius 1 is 1.25 bits per heavy atom. The molecule has 0 N–H and O–H groups in total. The Bertz CT molecular complexity index is 233. The van der Waals surface area contributed by atoms with Crippen molar-refractivity contribution in [3.63, 3.8) is 0 Å². The van der Waals surface area contributed by atoms with Gasteiger partial charge in [-0.1, -0.05) is 6.92 Å². The first-order valence-corrected chi connectivity index (χ1v) is 5.33. The number of hydrogen-bond acceptors (Lipinski definition) is 3. The molecule has 0 rings (SSSR count). The predicted octanol–water partition coefficient (Wildman–Crippen LogP) is 2.52. The first-order valence-electron chi connectivity index (χ1n) is 3.55. The van der Waals surface area contributed by atoms with Crippen molar-refractivity contribution in [2.45, 2.75) is 20.8 Å². The molecule has 0 aromatic heterocycles. The Hall–Kier alpha value is -0.0900. The van der Waals surface area contributed by atoms with Crippen molar-refractivity contribution in [3.05, 3.63) is 9.39 Å². The van der Waals surface area contributed by atoms with Crippen LogP contribution in [0.2, 0.25) is 0 Å². The molecule has 0 spiro atoms. The Morgan fingerprint density at radius 2 is 1.75 bits per heavy atom. The van der Waals surface area contributed by atoms with Crippen LogP contribution in [0.4, 0.5) is 0 Å². The fourth-order valence-electron chi connectivity index (χ4n) is 0.624. The van der Waals surface area contributed by atoms with Gasteiger partial charge in [-0.25, -0.2) is 0 Å². The van der Waals surface area contributed by atoms with Gasteiger partial charge in [0.1, 0.15) is 0 Å².